The second kappa shape index (κ2) is 4.29. The van der Waals surface area contributed by atoms with Crippen LogP contribution in [0, 0.1) is 17.5 Å². The lowest BCUT2D eigenvalue weighted by Crippen LogP contribution is -1.92. The Labute approximate surface area is 97.2 Å². The molecular weight excluding hydrogens is 287 g/mol. The van der Waals surface area contributed by atoms with E-state index >= 15 is 0 Å². The molecule has 0 saturated heterocycles. The average Bonchev–Trinajstić information content (AvgIpc) is 2.71. The van der Waals surface area contributed by atoms with Gasteiger partial charge in [-0.1, -0.05) is 21.1 Å². The van der Waals surface area contributed by atoms with Crippen LogP contribution in [0.5, 0.6) is 0 Å². The lowest BCUT2D eigenvalue weighted by molar-refractivity contribution is 0.397. The summed E-state index contributed by atoms with van der Waals surface area (Å²) in [6.07, 6.45) is 0. The van der Waals surface area contributed by atoms with Crippen molar-refractivity contribution in [3.8, 4) is 11.3 Å². The van der Waals surface area contributed by atoms with Gasteiger partial charge in [-0.15, -0.1) is 0 Å². The Morgan fingerprint density at radius 2 is 1.94 bits per heavy atom. The number of hydrogen-bond donors (Lipinski definition) is 0. The van der Waals surface area contributed by atoms with Gasteiger partial charge in [0.1, 0.15) is 17.3 Å². The fourth-order valence-electron chi connectivity index (χ4n) is 1.25. The first kappa shape index (κ1) is 11.2. The molecule has 0 bridgehead atoms. The molecule has 1 aromatic carbocycles. The largest absolute Gasteiger partial charge is 0.360 e. The molecule has 1 aromatic heterocycles. The van der Waals surface area contributed by atoms with Crippen LogP contribution >= 0.6 is 15.9 Å². The summed E-state index contributed by atoms with van der Waals surface area (Å²) in [5.74, 6) is -2.81. The van der Waals surface area contributed by atoms with Crippen LogP contribution in [0.25, 0.3) is 11.3 Å². The molecule has 2 aromatic rings. The monoisotopic (exact) mass is 291 g/mol. The Balaban J connectivity index is 2.54. The molecule has 0 atom stereocenters. The molecule has 0 aliphatic heterocycles. The Hall–Kier alpha value is -1.30. The lowest BCUT2D eigenvalue weighted by atomic mass is 10.1. The molecule has 0 N–H and O–H groups in total. The van der Waals surface area contributed by atoms with Gasteiger partial charge >= 0.3 is 0 Å². The second-order valence-corrected chi connectivity index (χ2v) is 3.62. The van der Waals surface area contributed by atoms with Crippen LogP contribution in [0.4, 0.5) is 13.2 Å². The highest BCUT2D eigenvalue weighted by atomic mass is 79.9. The van der Waals surface area contributed by atoms with E-state index in [4.69, 9.17) is 4.52 Å². The van der Waals surface area contributed by atoms with Gasteiger partial charge < -0.3 is 4.52 Å². The molecule has 0 fully saturated rings. The third-order valence-corrected chi connectivity index (χ3v) is 2.51. The molecule has 0 aliphatic rings. The van der Waals surface area contributed by atoms with E-state index in [9.17, 15) is 13.2 Å². The number of rotatable bonds is 2. The molecule has 16 heavy (non-hydrogen) atoms. The maximum atomic E-state index is 13.3. The van der Waals surface area contributed by atoms with Crippen LogP contribution in [-0.2, 0) is 5.33 Å². The van der Waals surface area contributed by atoms with Crippen molar-refractivity contribution in [3.05, 3.63) is 41.4 Å². The van der Waals surface area contributed by atoms with Gasteiger partial charge in [0.15, 0.2) is 11.6 Å². The third-order valence-electron chi connectivity index (χ3n) is 1.96. The van der Waals surface area contributed by atoms with E-state index in [0.717, 1.165) is 6.07 Å². The molecule has 0 aliphatic carbocycles. The van der Waals surface area contributed by atoms with Gasteiger partial charge in [0.25, 0.3) is 0 Å². The molecule has 0 radical (unpaired) electrons. The predicted octanol–water partition coefficient (Wildman–Crippen LogP) is 3.65. The first-order valence-electron chi connectivity index (χ1n) is 4.28. The van der Waals surface area contributed by atoms with Crippen LogP contribution in [0.1, 0.15) is 5.76 Å². The number of alkyl halides is 1. The summed E-state index contributed by atoms with van der Waals surface area (Å²) in [5.41, 5.74) is -0.196. The van der Waals surface area contributed by atoms with Crippen molar-refractivity contribution in [2.24, 2.45) is 0 Å². The minimum Gasteiger partial charge on any atom is -0.360 e. The average molecular weight is 292 g/mol. The Bertz CT molecular complexity index is 527. The summed E-state index contributed by atoms with van der Waals surface area (Å²) in [4.78, 5) is 0. The molecule has 0 amide bonds. The predicted molar refractivity (Wildman–Crippen MR) is 54.4 cm³/mol. The fourth-order valence-corrected chi connectivity index (χ4v) is 1.51. The standard InChI is InChI=1S/C10H5BrF3NO/c11-4-6-3-9(15-16-6)7-1-5(12)2-8(13)10(7)14/h1-3H,4H2. The van der Waals surface area contributed by atoms with E-state index in [1.165, 1.54) is 6.07 Å². The molecule has 2 rings (SSSR count). The highest BCUT2D eigenvalue weighted by Crippen LogP contribution is 2.25. The topological polar surface area (TPSA) is 26.0 Å². The van der Waals surface area contributed by atoms with Gasteiger partial charge in [0.2, 0.25) is 0 Å². The highest BCUT2D eigenvalue weighted by molar-refractivity contribution is 9.08. The van der Waals surface area contributed by atoms with Crippen molar-refractivity contribution < 1.29 is 17.7 Å². The van der Waals surface area contributed by atoms with E-state index in [-0.39, 0.29) is 11.3 Å². The van der Waals surface area contributed by atoms with Crippen molar-refractivity contribution in [2.45, 2.75) is 5.33 Å². The summed E-state index contributed by atoms with van der Waals surface area (Å²) in [7, 11) is 0. The van der Waals surface area contributed by atoms with Crippen LogP contribution in [-0.4, -0.2) is 5.16 Å². The van der Waals surface area contributed by atoms with Gasteiger partial charge in [0, 0.05) is 17.7 Å². The minimum atomic E-state index is -1.25. The third kappa shape index (κ3) is 1.97. The first-order valence-corrected chi connectivity index (χ1v) is 5.40. The summed E-state index contributed by atoms with van der Waals surface area (Å²) < 4.78 is 44.0. The summed E-state index contributed by atoms with van der Waals surface area (Å²) in [6, 6.07) is 2.75. The quantitative estimate of drug-likeness (QED) is 0.623. The number of hydrogen-bond acceptors (Lipinski definition) is 2. The van der Waals surface area contributed by atoms with Gasteiger partial charge in [-0.2, -0.15) is 0 Å². The van der Waals surface area contributed by atoms with Gasteiger partial charge in [-0.05, 0) is 6.07 Å². The van der Waals surface area contributed by atoms with E-state index in [2.05, 4.69) is 21.1 Å². The summed E-state index contributed by atoms with van der Waals surface area (Å²) >= 11 is 3.12. The van der Waals surface area contributed by atoms with Crippen LogP contribution in [0.2, 0.25) is 0 Å². The van der Waals surface area contributed by atoms with Crippen LogP contribution < -0.4 is 0 Å². The minimum absolute atomic E-state index is 0.0605. The van der Waals surface area contributed by atoms with E-state index in [0.29, 0.717) is 17.2 Å². The molecule has 6 heteroatoms. The van der Waals surface area contributed by atoms with Crippen molar-refractivity contribution in [1.82, 2.24) is 5.16 Å². The normalized spacial score (nSPS) is 10.8. The summed E-state index contributed by atoms with van der Waals surface area (Å²) in [6.45, 7) is 0. The van der Waals surface area contributed by atoms with Crippen molar-refractivity contribution in [1.29, 1.82) is 0 Å². The maximum absolute atomic E-state index is 13.3. The smallest absolute Gasteiger partial charge is 0.168 e. The maximum Gasteiger partial charge on any atom is 0.168 e. The Kier molecular flexibility index (Phi) is 3.00. The zero-order valence-corrected chi connectivity index (χ0v) is 9.39. The van der Waals surface area contributed by atoms with E-state index in [1.807, 2.05) is 0 Å². The zero-order chi connectivity index (χ0) is 11.7. The number of benzene rings is 1. The molecule has 0 unspecified atom stereocenters. The van der Waals surface area contributed by atoms with E-state index in [1.54, 1.807) is 0 Å². The first-order chi connectivity index (χ1) is 7.61. The Morgan fingerprint density at radius 1 is 1.19 bits per heavy atom. The lowest BCUT2D eigenvalue weighted by Gasteiger charge is -1.99. The summed E-state index contributed by atoms with van der Waals surface area (Å²) in [5, 5.41) is 3.91. The van der Waals surface area contributed by atoms with Gasteiger partial charge in [0.05, 0.1) is 5.33 Å². The van der Waals surface area contributed by atoms with Crippen molar-refractivity contribution >= 4 is 15.9 Å². The molecular formula is C10H5BrF3NO. The van der Waals surface area contributed by atoms with Gasteiger partial charge in [-0.25, -0.2) is 13.2 Å². The van der Waals surface area contributed by atoms with Crippen molar-refractivity contribution in [2.75, 3.05) is 0 Å². The molecule has 1 heterocycles. The highest BCUT2D eigenvalue weighted by Gasteiger charge is 2.16. The molecule has 0 saturated carbocycles. The van der Waals surface area contributed by atoms with Crippen LogP contribution in [0.3, 0.4) is 0 Å². The van der Waals surface area contributed by atoms with Gasteiger partial charge in [-0.3, -0.25) is 0 Å². The van der Waals surface area contributed by atoms with Crippen molar-refractivity contribution in [3.63, 3.8) is 0 Å². The number of halogens is 4. The fraction of sp³-hybridized carbons (Fsp3) is 0.100. The number of aromatic nitrogens is 1. The SMILES string of the molecule is Fc1cc(F)c(F)c(-c2cc(CBr)on2)c1. The number of nitrogens with zero attached hydrogens (tertiary/aromatic N) is 1. The zero-order valence-electron chi connectivity index (χ0n) is 7.81. The molecule has 0 spiro atoms. The second-order valence-electron chi connectivity index (χ2n) is 3.06. The van der Waals surface area contributed by atoms with Crippen LogP contribution in [0.15, 0.2) is 22.7 Å². The van der Waals surface area contributed by atoms with E-state index < -0.39 is 17.5 Å². The molecule has 2 nitrogen and oxygen atoms in total. The molecule has 84 valence electrons. The Morgan fingerprint density at radius 3 is 2.56 bits per heavy atom.